The molecule has 9 heteroatoms. The van der Waals surface area contributed by atoms with E-state index < -0.39 is 12.3 Å². The second kappa shape index (κ2) is 9.76. The van der Waals surface area contributed by atoms with Gasteiger partial charge in [0.05, 0.1) is 18.7 Å². The number of aromatic nitrogens is 1. The van der Waals surface area contributed by atoms with E-state index in [4.69, 9.17) is 14.3 Å². The lowest BCUT2D eigenvalue weighted by molar-refractivity contribution is -0.274. The van der Waals surface area contributed by atoms with Crippen molar-refractivity contribution in [1.29, 1.82) is 0 Å². The number of ether oxygens (including phenoxy) is 2. The van der Waals surface area contributed by atoms with Crippen LogP contribution >= 0.6 is 0 Å². The molecule has 6 nitrogen and oxygen atoms in total. The highest BCUT2D eigenvalue weighted by molar-refractivity contribution is 5.70. The summed E-state index contributed by atoms with van der Waals surface area (Å²) >= 11 is 0. The summed E-state index contributed by atoms with van der Waals surface area (Å²) in [7, 11) is 0. The molecule has 0 amide bonds. The summed E-state index contributed by atoms with van der Waals surface area (Å²) in [5, 5.41) is 8.91. The molecule has 2 aromatic carbocycles. The smallest absolute Gasteiger partial charge is 0.493 e. The van der Waals surface area contributed by atoms with Crippen LogP contribution in [-0.2, 0) is 17.6 Å². The van der Waals surface area contributed by atoms with Gasteiger partial charge in [0.1, 0.15) is 17.3 Å². The third kappa shape index (κ3) is 6.50. The number of aliphatic carboxylic acids is 1. The van der Waals surface area contributed by atoms with E-state index >= 15 is 0 Å². The summed E-state index contributed by atoms with van der Waals surface area (Å²) in [6.45, 7) is 4.19. The average molecular weight is 449 g/mol. The summed E-state index contributed by atoms with van der Waals surface area (Å²) in [6, 6.07) is 12.2. The molecule has 0 spiro atoms. The van der Waals surface area contributed by atoms with Crippen LogP contribution in [0.4, 0.5) is 13.2 Å². The van der Waals surface area contributed by atoms with E-state index in [0.29, 0.717) is 47.2 Å². The molecule has 3 rings (SSSR count). The Bertz CT molecular complexity index is 1060. The maximum Gasteiger partial charge on any atom is 0.573 e. The molecule has 1 N–H and O–H groups in total. The Morgan fingerprint density at radius 1 is 1.12 bits per heavy atom. The molecule has 0 bridgehead atoms. The molecular formula is C23H22F3NO5. The molecule has 0 unspecified atom stereocenters. The standard InChI is InChI=1S/C23H22F3NO5/c1-14(2)21-19(10-11-30-18-5-3-4-15(12-18)13-20(28)29)27-22(31-21)16-6-8-17(9-7-16)32-23(24,25)26/h3-9,12,14H,10-11,13H2,1-2H3,(H,28,29). The van der Waals surface area contributed by atoms with Gasteiger partial charge in [-0.15, -0.1) is 13.2 Å². The summed E-state index contributed by atoms with van der Waals surface area (Å²) in [6.07, 6.45) is -4.40. The summed E-state index contributed by atoms with van der Waals surface area (Å²) in [5.74, 6) is 0.314. The van der Waals surface area contributed by atoms with Crippen LogP contribution in [0.2, 0.25) is 0 Å². The Labute approximate surface area is 182 Å². The zero-order chi connectivity index (χ0) is 23.3. The summed E-state index contributed by atoms with van der Waals surface area (Å²) in [5.41, 5.74) is 1.85. The fourth-order valence-corrected chi connectivity index (χ4v) is 3.10. The highest BCUT2D eigenvalue weighted by Gasteiger charge is 2.31. The highest BCUT2D eigenvalue weighted by Crippen LogP contribution is 2.30. The summed E-state index contributed by atoms with van der Waals surface area (Å²) in [4.78, 5) is 15.4. The number of hydrogen-bond acceptors (Lipinski definition) is 5. The molecule has 1 aromatic heterocycles. The Kier molecular flexibility index (Phi) is 7.07. The van der Waals surface area contributed by atoms with Crippen molar-refractivity contribution in [2.75, 3.05) is 6.61 Å². The number of nitrogens with zero attached hydrogens (tertiary/aromatic N) is 1. The number of halogens is 3. The van der Waals surface area contributed by atoms with Crippen LogP contribution in [0, 0.1) is 0 Å². The number of rotatable bonds is 9. The zero-order valence-electron chi connectivity index (χ0n) is 17.5. The minimum absolute atomic E-state index is 0.0398. The van der Waals surface area contributed by atoms with E-state index in [-0.39, 0.29) is 18.1 Å². The Morgan fingerprint density at radius 2 is 1.84 bits per heavy atom. The lowest BCUT2D eigenvalue weighted by Crippen LogP contribution is -2.16. The van der Waals surface area contributed by atoms with Gasteiger partial charge in [0.2, 0.25) is 5.89 Å². The Hall–Kier alpha value is -3.49. The third-order valence-corrected chi connectivity index (χ3v) is 4.45. The van der Waals surface area contributed by atoms with Crippen LogP contribution in [0.1, 0.15) is 36.8 Å². The first-order valence-electron chi connectivity index (χ1n) is 9.90. The molecule has 0 aliphatic carbocycles. The normalized spacial score (nSPS) is 11.6. The van der Waals surface area contributed by atoms with Gasteiger partial charge in [-0.3, -0.25) is 4.79 Å². The molecule has 1 heterocycles. The van der Waals surface area contributed by atoms with E-state index in [2.05, 4.69) is 9.72 Å². The molecule has 0 fully saturated rings. The van der Waals surface area contributed by atoms with Gasteiger partial charge >= 0.3 is 12.3 Å². The minimum Gasteiger partial charge on any atom is -0.493 e. The molecule has 32 heavy (non-hydrogen) atoms. The van der Waals surface area contributed by atoms with Gasteiger partial charge < -0.3 is 19.0 Å². The number of carbonyl (C=O) groups is 1. The number of alkyl halides is 3. The van der Waals surface area contributed by atoms with Gasteiger partial charge in [-0.05, 0) is 42.0 Å². The average Bonchev–Trinajstić information content (AvgIpc) is 3.12. The summed E-state index contributed by atoms with van der Waals surface area (Å²) < 4.78 is 52.5. The predicted molar refractivity (Wildman–Crippen MR) is 110 cm³/mol. The first kappa shape index (κ1) is 23.2. The van der Waals surface area contributed by atoms with Crippen molar-refractivity contribution in [2.24, 2.45) is 0 Å². The number of carboxylic acids is 1. The molecule has 0 aliphatic rings. The van der Waals surface area contributed by atoms with Crippen LogP contribution in [0.3, 0.4) is 0 Å². The van der Waals surface area contributed by atoms with Gasteiger partial charge in [-0.1, -0.05) is 26.0 Å². The minimum atomic E-state index is -4.75. The van der Waals surface area contributed by atoms with Crippen molar-refractivity contribution in [3.05, 3.63) is 65.5 Å². The van der Waals surface area contributed by atoms with Crippen LogP contribution in [0.15, 0.2) is 52.9 Å². The first-order chi connectivity index (χ1) is 15.1. The van der Waals surface area contributed by atoms with Gasteiger partial charge in [-0.25, -0.2) is 4.98 Å². The van der Waals surface area contributed by atoms with Crippen LogP contribution in [-0.4, -0.2) is 29.0 Å². The Morgan fingerprint density at radius 3 is 2.47 bits per heavy atom. The molecule has 0 aliphatic heterocycles. The largest absolute Gasteiger partial charge is 0.573 e. The third-order valence-electron chi connectivity index (χ3n) is 4.45. The van der Waals surface area contributed by atoms with E-state index in [1.54, 1.807) is 24.3 Å². The molecule has 0 atom stereocenters. The zero-order valence-corrected chi connectivity index (χ0v) is 17.5. The van der Waals surface area contributed by atoms with Crippen molar-refractivity contribution in [3.63, 3.8) is 0 Å². The topological polar surface area (TPSA) is 81.8 Å². The fourth-order valence-electron chi connectivity index (χ4n) is 3.10. The van der Waals surface area contributed by atoms with Crippen molar-refractivity contribution in [2.45, 2.75) is 39.0 Å². The molecule has 0 saturated carbocycles. The number of carboxylic acid groups (broad SMARTS) is 1. The molecule has 3 aromatic rings. The van der Waals surface area contributed by atoms with E-state index in [1.807, 2.05) is 13.8 Å². The van der Waals surface area contributed by atoms with Crippen molar-refractivity contribution < 1.29 is 37.0 Å². The van der Waals surface area contributed by atoms with Crippen molar-refractivity contribution >= 4 is 5.97 Å². The van der Waals surface area contributed by atoms with Crippen LogP contribution in [0.25, 0.3) is 11.5 Å². The van der Waals surface area contributed by atoms with Gasteiger partial charge in [0.25, 0.3) is 0 Å². The van der Waals surface area contributed by atoms with Gasteiger partial charge in [0, 0.05) is 17.9 Å². The van der Waals surface area contributed by atoms with E-state index in [0.717, 1.165) is 0 Å². The van der Waals surface area contributed by atoms with Crippen molar-refractivity contribution in [1.82, 2.24) is 4.98 Å². The fraction of sp³-hybridized carbons (Fsp3) is 0.304. The highest BCUT2D eigenvalue weighted by atomic mass is 19.4. The first-order valence-corrected chi connectivity index (χ1v) is 9.90. The Balaban J connectivity index is 1.69. The van der Waals surface area contributed by atoms with Gasteiger partial charge in [-0.2, -0.15) is 0 Å². The SMILES string of the molecule is CC(C)c1oc(-c2ccc(OC(F)(F)F)cc2)nc1CCOc1cccc(CC(=O)O)c1. The quantitative estimate of drug-likeness (QED) is 0.457. The predicted octanol–water partition coefficient (Wildman–Crippen LogP) is 5.61. The lowest BCUT2D eigenvalue weighted by Gasteiger charge is -2.08. The van der Waals surface area contributed by atoms with Crippen molar-refractivity contribution in [3.8, 4) is 23.0 Å². The van der Waals surface area contributed by atoms with Crippen LogP contribution < -0.4 is 9.47 Å². The number of benzene rings is 2. The molecule has 0 radical (unpaired) electrons. The number of hydrogen-bond donors (Lipinski definition) is 1. The maximum absolute atomic E-state index is 12.3. The van der Waals surface area contributed by atoms with E-state index in [9.17, 15) is 18.0 Å². The number of oxazole rings is 1. The molecule has 170 valence electrons. The lowest BCUT2D eigenvalue weighted by atomic mass is 10.1. The second-order valence-electron chi connectivity index (χ2n) is 7.37. The van der Waals surface area contributed by atoms with Gasteiger partial charge in [0.15, 0.2) is 0 Å². The maximum atomic E-state index is 12.3. The molecular weight excluding hydrogens is 427 g/mol. The van der Waals surface area contributed by atoms with E-state index in [1.165, 1.54) is 24.3 Å². The second-order valence-corrected chi connectivity index (χ2v) is 7.37. The van der Waals surface area contributed by atoms with Crippen LogP contribution in [0.5, 0.6) is 11.5 Å². The molecule has 0 saturated heterocycles. The monoisotopic (exact) mass is 449 g/mol.